The molecule has 0 atom stereocenters. The third-order valence-electron chi connectivity index (χ3n) is 6.13. The first kappa shape index (κ1) is 27.3. The van der Waals surface area contributed by atoms with Gasteiger partial charge in [-0.3, -0.25) is 9.69 Å². The van der Waals surface area contributed by atoms with Crippen LogP contribution in [-0.4, -0.2) is 75.2 Å². The van der Waals surface area contributed by atoms with E-state index in [0.29, 0.717) is 23.7 Å². The molecule has 3 N–H and O–H groups in total. The number of aliphatic carboxylic acids is 2. The second kappa shape index (κ2) is 12.6. The van der Waals surface area contributed by atoms with Gasteiger partial charge in [-0.05, 0) is 75.2 Å². The average Bonchev–Trinajstić information content (AvgIpc) is 3.20. The summed E-state index contributed by atoms with van der Waals surface area (Å²) in [6.45, 7) is 5.23. The standard InChI is InChI=1S/C24H28N4O3.C2H2O4/c1-17-25-21-5-3-4-6-22(21)28(17)15-18-11-13-27(14-12-18)16-23(29)26-20-9-7-19(8-10-20)24(30)31-2;3-1(4)2(5)6/h3-10,18H,11-16H2,1-2H3,(H,26,29);(H,3,4)(H,5,6). The molecule has 2 heterocycles. The molecule has 0 radical (unpaired) electrons. The topological polar surface area (TPSA) is 151 Å². The van der Waals surface area contributed by atoms with E-state index in [0.717, 1.165) is 43.8 Å². The van der Waals surface area contributed by atoms with Gasteiger partial charge in [-0.15, -0.1) is 0 Å². The molecule has 196 valence electrons. The van der Waals surface area contributed by atoms with Crippen molar-refractivity contribution in [3.8, 4) is 0 Å². The zero-order valence-electron chi connectivity index (χ0n) is 20.7. The highest BCUT2D eigenvalue weighted by molar-refractivity contribution is 6.27. The number of para-hydroxylation sites is 2. The first-order chi connectivity index (χ1) is 17.7. The van der Waals surface area contributed by atoms with Gasteiger partial charge in [0.15, 0.2) is 0 Å². The van der Waals surface area contributed by atoms with Gasteiger partial charge in [-0.25, -0.2) is 19.4 Å². The van der Waals surface area contributed by atoms with Gasteiger partial charge < -0.3 is 24.8 Å². The molecule has 11 nitrogen and oxygen atoms in total. The van der Waals surface area contributed by atoms with Crippen molar-refractivity contribution in [1.29, 1.82) is 0 Å². The highest BCUT2D eigenvalue weighted by Crippen LogP contribution is 2.23. The average molecular weight is 511 g/mol. The number of esters is 1. The van der Waals surface area contributed by atoms with E-state index < -0.39 is 11.9 Å². The molecule has 0 aliphatic carbocycles. The molecule has 37 heavy (non-hydrogen) atoms. The van der Waals surface area contributed by atoms with Gasteiger partial charge in [-0.1, -0.05) is 12.1 Å². The number of likely N-dealkylation sites (tertiary alicyclic amines) is 1. The molecular formula is C26H30N4O7. The lowest BCUT2D eigenvalue weighted by molar-refractivity contribution is -0.159. The first-order valence-electron chi connectivity index (χ1n) is 11.8. The normalized spacial score (nSPS) is 13.9. The predicted octanol–water partition coefficient (Wildman–Crippen LogP) is 2.64. The highest BCUT2D eigenvalue weighted by atomic mass is 16.5. The summed E-state index contributed by atoms with van der Waals surface area (Å²) in [6, 6.07) is 15.0. The quantitative estimate of drug-likeness (QED) is 0.336. The van der Waals surface area contributed by atoms with Crippen molar-refractivity contribution < 1.29 is 34.1 Å². The first-order valence-corrected chi connectivity index (χ1v) is 11.8. The van der Waals surface area contributed by atoms with E-state index in [-0.39, 0.29) is 11.9 Å². The number of methoxy groups -OCH3 is 1. The smallest absolute Gasteiger partial charge is 0.414 e. The largest absolute Gasteiger partial charge is 0.473 e. The van der Waals surface area contributed by atoms with Crippen LogP contribution in [-0.2, 0) is 25.7 Å². The molecule has 1 aliphatic rings. The van der Waals surface area contributed by atoms with Crippen molar-refractivity contribution in [2.24, 2.45) is 5.92 Å². The monoisotopic (exact) mass is 510 g/mol. The number of anilines is 1. The maximum atomic E-state index is 12.4. The Bertz CT molecular complexity index is 1250. The Labute approximate surface area is 213 Å². The molecule has 11 heteroatoms. The van der Waals surface area contributed by atoms with Crippen LogP contribution in [0.1, 0.15) is 29.0 Å². The third kappa shape index (κ3) is 7.61. The van der Waals surface area contributed by atoms with E-state index in [1.165, 1.54) is 12.6 Å². The third-order valence-corrected chi connectivity index (χ3v) is 6.13. The van der Waals surface area contributed by atoms with Gasteiger partial charge in [0.25, 0.3) is 0 Å². The fourth-order valence-corrected chi connectivity index (χ4v) is 4.22. The number of rotatable bonds is 6. The molecule has 3 aromatic rings. The predicted molar refractivity (Wildman–Crippen MR) is 135 cm³/mol. The molecule has 1 aromatic heterocycles. The minimum absolute atomic E-state index is 0.0410. The number of amides is 1. The van der Waals surface area contributed by atoms with E-state index in [2.05, 4.69) is 49.6 Å². The van der Waals surface area contributed by atoms with Gasteiger partial charge in [0.2, 0.25) is 5.91 Å². The fourth-order valence-electron chi connectivity index (χ4n) is 4.22. The Hall–Kier alpha value is -4.25. The molecule has 1 fully saturated rings. The van der Waals surface area contributed by atoms with E-state index in [9.17, 15) is 9.59 Å². The van der Waals surface area contributed by atoms with Crippen LogP contribution < -0.4 is 5.32 Å². The van der Waals surface area contributed by atoms with Crippen LogP contribution in [0.15, 0.2) is 48.5 Å². The van der Waals surface area contributed by atoms with Crippen molar-refractivity contribution in [1.82, 2.24) is 14.5 Å². The maximum absolute atomic E-state index is 12.4. The van der Waals surface area contributed by atoms with Gasteiger partial charge in [-0.2, -0.15) is 0 Å². The summed E-state index contributed by atoms with van der Waals surface area (Å²) < 4.78 is 7.01. The molecular weight excluding hydrogens is 480 g/mol. The van der Waals surface area contributed by atoms with Crippen molar-refractivity contribution in [3.05, 3.63) is 59.9 Å². The molecule has 0 spiro atoms. The Morgan fingerprint density at radius 3 is 2.22 bits per heavy atom. The summed E-state index contributed by atoms with van der Waals surface area (Å²) in [4.78, 5) is 49.0. The molecule has 0 unspecified atom stereocenters. The SMILES string of the molecule is COC(=O)c1ccc(NC(=O)CN2CCC(Cn3c(C)nc4ccccc43)CC2)cc1.O=C(O)C(=O)O. The van der Waals surface area contributed by atoms with E-state index in [1.807, 2.05) is 6.07 Å². The Balaban J connectivity index is 0.000000568. The number of imidazole rings is 1. The van der Waals surface area contributed by atoms with Crippen LogP contribution in [0.2, 0.25) is 0 Å². The summed E-state index contributed by atoms with van der Waals surface area (Å²) in [5.41, 5.74) is 3.38. The number of aryl methyl sites for hydroxylation is 1. The maximum Gasteiger partial charge on any atom is 0.414 e. The van der Waals surface area contributed by atoms with Gasteiger partial charge >= 0.3 is 17.9 Å². The number of carboxylic acid groups (broad SMARTS) is 2. The van der Waals surface area contributed by atoms with Gasteiger partial charge in [0.1, 0.15) is 5.82 Å². The summed E-state index contributed by atoms with van der Waals surface area (Å²) in [7, 11) is 1.35. The van der Waals surface area contributed by atoms with Crippen molar-refractivity contribution in [2.75, 3.05) is 32.1 Å². The van der Waals surface area contributed by atoms with Crippen LogP contribution in [0, 0.1) is 12.8 Å². The summed E-state index contributed by atoms with van der Waals surface area (Å²) in [6.07, 6.45) is 2.13. The fraction of sp³-hybridized carbons (Fsp3) is 0.346. The van der Waals surface area contributed by atoms with Crippen molar-refractivity contribution in [2.45, 2.75) is 26.3 Å². The Morgan fingerprint density at radius 1 is 1.00 bits per heavy atom. The zero-order valence-corrected chi connectivity index (χ0v) is 20.7. The van der Waals surface area contributed by atoms with E-state index >= 15 is 0 Å². The number of nitrogens with one attached hydrogen (secondary N) is 1. The minimum atomic E-state index is -1.82. The van der Waals surface area contributed by atoms with Crippen LogP contribution in [0.25, 0.3) is 11.0 Å². The van der Waals surface area contributed by atoms with Crippen LogP contribution in [0.3, 0.4) is 0 Å². The van der Waals surface area contributed by atoms with Gasteiger partial charge in [0, 0.05) is 12.2 Å². The number of hydrogen-bond acceptors (Lipinski definition) is 7. The number of nitrogens with zero attached hydrogens (tertiary/aromatic N) is 3. The lowest BCUT2D eigenvalue weighted by Gasteiger charge is -2.31. The van der Waals surface area contributed by atoms with Gasteiger partial charge in [0.05, 0.1) is 30.3 Å². The summed E-state index contributed by atoms with van der Waals surface area (Å²) in [5.74, 6) is -2.44. The van der Waals surface area contributed by atoms with Crippen LogP contribution >= 0.6 is 0 Å². The number of carbonyl (C=O) groups is 4. The molecule has 0 saturated carbocycles. The van der Waals surface area contributed by atoms with Crippen LogP contribution in [0.4, 0.5) is 5.69 Å². The Morgan fingerprint density at radius 2 is 1.62 bits per heavy atom. The highest BCUT2D eigenvalue weighted by Gasteiger charge is 2.22. The number of piperidine rings is 1. The second-order valence-corrected chi connectivity index (χ2v) is 8.71. The molecule has 0 bridgehead atoms. The number of carbonyl (C=O) groups excluding carboxylic acids is 2. The molecule has 1 aliphatic heterocycles. The molecule has 4 rings (SSSR count). The van der Waals surface area contributed by atoms with Crippen molar-refractivity contribution >= 4 is 40.5 Å². The van der Waals surface area contributed by atoms with Crippen molar-refractivity contribution in [3.63, 3.8) is 0 Å². The number of hydrogen-bond donors (Lipinski definition) is 3. The lowest BCUT2D eigenvalue weighted by Crippen LogP contribution is -2.40. The number of ether oxygens (including phenoxy) is 1. The lowest BCUT2D eigenvalue weighted by atomic mass is 9.96. The summed E-state index contributed by atoms with van der Waals surface area (Å²) in [5, 5.41) is 17.7. The number of carboxylic acids is 2. The minimum Gasteiger partial charge on any atom is -0.473 e. The molecule has 1 saturated heterocycles. The Kier molecular flexibility index (Phi) is 9.33. The number of benzene rings is 2. The zero-order chi connectivity index (χ0) is 26.9. The van der Waals surface area contributed by atoms with E-state index in [1.54, 1.807) is 24.3 Å². The number of fused-ring (bicyclic) bond motifs is 1. The molecule has 2 aromatic carbocycles. The summed E-state index contributed by atoms with van der Waals surface area (Å²) >= 11 is 0. The number of aromatic nitrogens is 2. The molecule has 1 amide bonds. The second-order valence-electron chi connectivity index (χ2n) is 8.71. The van der Waals surface area contributed by atoms with Crippen LogP contribution in [0.5, 0.6) is 0 Å². The van der Waals surface area contributed by atoms with E-state index in [4.69, 9.17) is 19.8 Å².